The maximum atomic E-state index is 12.2. The fourth-order valence-electron chi connectivity index (χ4n) is 2.02. The van der Waals surface area contributed by atoms with Crippen LogP contribution in [0.15, 0.2) is 18.2 Å². The first-order valence-electron chi connectivity index (χ1n) is 6.82. The molecule has 0 N–H and O–H groups in total. The number of aromatic nitrogens is 1. The van der Waals surface area contributed by atoms with Crippen LogP contribution < -0.4 is 9.47 Å². The number of nitrogens with zero attached hydrogens (tertiary/aromatic N) is 1. The highest BCUT2D eigenvalue weighted by Gasteiger charge is 2.19. The number of carbonyl (C=O) groups is 2. The minimum atomic E-state index is -0.547. The molecule has 1 aromatic heterocycles. The Kier molecular flexibility index (Phi) is 5.33. The number of hydrogen-bond donors (Lipinski definition) is 0. The third-order valence-corrected chi connectivity index (χ3v) is 4.19. The van der Waals surface area contributed by atoms with Gasteiger partial charge in [-0.05, 0) is 26.0 Å². The van der Waals surface area contributed by atoms with Crippen molar-refractivity contribution in [3.8, 4) is 11.5 Å². The lowest BCUT2D eigenvalue weighted by Gasteiger charge is -2.09. The Morgan fingerprint density at radius 1 is 1.17 bits per heavy atom. The highest BCUT2D eigenvalue weighted by Crippen LogP contribution is 2.25. The maximum absolute atomic E-state index is 12.2. The van der Waals surface area contributed by atoms with Crippen molar-refractivity contribution in [2.75, 3.05) is 20.8 Å². The first-order valence-corrected chi connectivity index (χ1v) is 7.64. The molecule has 0 atom stereocenters. The topological polar surface area (TPSA) is 74.7 Å². The summed E-state index contributed by atoms with van der Waals surface area (Å²) in [5.74, 6) is 0.0482. The Morgan fingerprint density at radius 3 is 2.48 bits per heavy atom. The van der Waals surface area contributed by atoms with Crippen LogP contribution in [0.3, 0.4) is 0 Å². The van der Waals surface area contributed by atoms with Crippen LogP contribution in [0, 0.1) is 13.8 Å². The first kappa shape index (κ1) is 17.0. The van der Waals surface area contributed by atoms with Crippen LogP contribution in [0.2, 0.25) is 0 Å². The molecule has 6 nitrogen and oxygen atoms in total. The van der Waals surface area contributed by atoms with Gasteiger partial charge in [0.15, 0.2) is 6.61 Å². The van der Waals surface area contributed by atoms with Gasteiger partial charge in [0.25, 0.3) is 0 Å². The van der Waals surface area contributed by atoms with Crippen LogP contribution in [0.25, 0.3) is 0 Å². The summed E-state index contributed by atoms with van der Waals surface area (Å²) < 4.78 is 15.3. The van der Waals surface area contributed by atoms with E-state index in [1.807, 2.05) is 6.92 Å². The van der Waals surface area contributed by atoms with Crippen molar-refractivity contribution < 1.29 is 23.8 Å². The third kappa shape index (κ3) is 3.87. The van der Waals surface area contributed by atoms with Crippen molar-refractivity contribution >= 4 is 23.1 Å². The van der Waals surface area contributed by atoms with Crippen LogP contribution in [0.1, 0.15) is 30.7 Å². The summed E-state index contributed by atoms with van der Waals surface area (Å²) in [6, 6.07) is 4.83. The van der Waals surface area contributed by atoms with E-state index in [1.54, 1.807) is 25.1 Å². The monoisotopic (exact) mass is 335 g/mol. The third-order valence-electron chi connectivity index (χ3n) is 3.13. The molecule has 0 aliphatic heterocycles. The molecular weight excluding hydrogens is 318 g/mol. The Bertz CT molecular complexity index is 738. The predicted molar refractivity (Wildman–Crippen MR) is 85.7 cm³/mol. The molecule has 0 spiro atoms. The normalized spacial score (nSPS) is 10.3. The largest absolute Gasteiger partial charge is 0.497 e. The van der Waals surface area contributed by atoms with Gasteiger partial charge in [0.2, 0.25) is 5.78 Å². The van der Waals surface area contributed by atoms with Gasteiger partial charge in [-0.1, -0.05) is 0 Å². The summed E-state index contributed by atoms with van der Waals surface area (Å²) in [7, 11) is 2.98. The molecule has 0 radical (unpaired) electrons. The summed E-state index contributed by atoms with van der Waals surface area (Å²) >= 11 is 1.24. The van der Waals surface area contributed by atoms with Gasteiger partial charge >= 0.3 is 5.97 Å². The molecule has 1 aromatic carbocycles. The molecule has 0 bridgehead atoms. The van der Waals surface area contributed by atoms with E-state index in [9.17, 15) is 9.59 Å². The molecule has 2 aromatic rings. The minimum absolute atomic E-state index is 0.332. The van der Waals surface area contributed by atoms with Gasteiger partial charge in [0.1, 0.15) is 16.4 Å². The molecule has 0 saturated heterocycles. The number of hydrogen-bond acceptors (Lipinski definition) is 7. The molecule has 0 aliphatic rings. The Balaban J connectivity index is 2.08. The van der Waals surface area contributed by atoms with E-state index < -0.39 is 5.97 Å². The summed E-state index contributed by atoms with van der Waals surface area (Å²) in [5.41, 5.74) is 0.935. The van der Waals surface area contributed by atoms with Gasteiger partial charge in [0.05, 0.1) is 30.5 Å². The maximum Gasteiger partial charge on any atom is 0.350 e. The molecule has 0 amide bonds. The van der Waals surface area contributed by atoms with Crippen LogP contribution in [-0.2, 0) is 4.74 Å². The van der Waals surface area contributed by atoms with Gasteiger partial charge in [-0.25, -0.2) is 9.78 Å². The standard InChI is InChI=1S/C16H17NO5S/c1-9-15(23-10(2)17-9)16(19)22-8-13(18)12-6-5-11(20-3)7-14(12)21-4/h5-7H,8H2,1-4H3. The fraction of sp³-hybridized carbons (Fsp3) is 0.312. The van der Waals surface area contributed by atoms with E-state index in [0.29, 0.717) is 27.6 Å². The molecular formula is C16H17NO5S. The zero-order valence-electron chi connectivity index (χ0n) is 13.3. The Hall–Kier alpha value is -2.41. The number of ketones is 1. The van der Waals surface area contributed by atoms with E-state index in [1.165, 1.54) is 25.6 Å². The number of Topliss-reactive ketones (excluding diaryl/α,β-unsaturated/α-hetero) is 1. The van der Waals surface area contributed by atoms with Crippen molar-refractivity contribution in [2.24, 2.45) is 0 Å². The number of esters is 1. The Morgan fingerprint density at radius 2 is 1.91 bits per heavy atom. The van der Waals surface area contributed by atoms with Crippen LogP contribution >= 0.6 is 11.3 Å². The molecule has 1 heterocycles. The van der Waals surface area contributed by atoms with E-state index >= 15 is 0 Å². The summed E-state index contributed by atoms with van der Waals surface area (Å²) in [6.07, 6.45) is 0. The molecule has 0 unspecified atom stereocenters. The van der Waals surface area contributed by atoms with Crippen molar-refractivity contribution in [3.63, 3.8) is 0 Å². The van der Waals surface area contributed by atoms with Crippen molar-refractivity contribution in [3.05, 3.63) is 39.3 Å². The van der Waals surface area contributed by atoms with Gasteiger partial charge in [-0.15, -0.1) is 11.3 Å². The number of rotatable bonds is 6. The second kappa shape index (κ2) is 7.23. The van der Waals surface area contributed by atoms with Crippen molar-refractivity contribution in [2.45, 2.75) is 13.8 Å². The molecule has 2 rings (SSSR count). The number of carbonyl (C=O) groups excluding carboxylic acids is 2. The number of ether oxygens (including phenoxy) is 3. The average Bonchev–Trinajstić information content (AvgIpc) is 2.90. The van der Waals surface area contributed by atoms with Gasteiger partial charge in [-0.2, -0.15) is 0 Å². The van der Waals surface area contributed by atoms with E-state index in [4.69, 9.17) is 14.2 Å². The smallest absolute Gasteiger partial charge is 0.350 e. The van der Waals surface area contributed by atoms with Crippen LogP contribution in [-0.4, -0.2) is 37.6 Å². The number of aryl methyl sites for hydroxylation is 2. The van der Waals surface area contributed by atoms with Gasteiger partial charge < -0.3 is 14.2 Å². The molecule has 7 heteroatoms. The number of benzene rings is 1. The first-order chi connectivity index (χ1) is 11.0. The SMILES string of the molecule is COc1ccc(C(=O)COC(=O)c2sc(C)nc2C)c(OC)c1. The average molecular weight is 335 g/mol. The van der Waals surface area contributed by atoms with E-state index in [2.05, 4.69) is 4.98 Å². The van der Waals surface area contributed by atoms with Crippen LogP contribution in [0.5, 0.6) is 11.5 Å². The van der Waals surface area contributed by atoms with Crippen molar-refractivity contribution in [1.82, 2.24) is 4.98 Å². The zero-order chi connectivity index (χ0) is 17.0. The summed E-state index contributed by atoms with van der Waals surface area (Å²) in [6.45, 7) is 3.17. The van der Waals surface area contributed by atoms with Gasteiger partial charge in [-0.3, -0.25) is 4.79 Å². The molecule has 0 aliphatic carbocycles. The lowest BCUT2D eigenvalue weighted by atomic mass is 10.1. The second-order valence-electron chi connectivity index (χ2n) is 4.71. The highest BCUT2D eigenvalue weighted by atomic mass is 32.1. The molecule has 0 fully saturated rings. The van der Waals surface area contributed by atoms with Crippen LogP contribution in [0.4, 0.5) is 0 Å². The predicted octanol–water partition coefficient (Wildman–Crippen LogP) is 2.82. The zero-order valence-corrected chi connectivity index (χ0v) is 14.2. The fourth-order valence-corrected chi connectivity index (χ4v) is 2.84. The van der Waals surface area contributed by atoms with E-state index in [0.717, 1.165) is 5.01 Å². The lowest BCUT2D eigenvalue weighted by molar-refractivity contribution is 0.0477. The minimum Gasteiger partial charge on any atom is -0.497 e. The number of methoxy groups -OCH3 is 2. The lowest BCUT2D eigenvalue weighted by Crippen LogP contribution is -2.15. The highest BCUT2D eigenvalue weighted by molar-refractivity contribution is 7.13. The molecule has 23 heavy (non-hydrogen) atoms. The molecule has 0 saturated carbocycles. The van der Waals surface area contributed by atoms with E-state index in [-0.39, 0.29) is 12.4 Å². The molecule has 122 valence electrons. The van der Waals surface area contributed by atoms with Gasteiger partial charge in [0, 0.05) is 6.07 Å². The quantitative estimate of drug-likeness (QED) is 0.597. The summed E-state index contributed by atoms with van der Waals surface area (Å²) in [4.78, 5) is 28.8. The van der Waals surface area contributed by atoms with Crippen molar-refractivity contribution in [1.29, 1.82) is 0 Å². The number of thiazole rings is 1. The Labute approximate surface area is 138 Å². The summed E-state index contributed by atoms with van der Waals surface area (Å²) in [5, 5.41) is 0.776. The second-order valence-corrected chi connectivity index (χ2v) is 5.92.